The summed E-state index contributed by atoms with van der Waals surface area (Å²) in [5.74, 6) is -0.986. The molecule has 2 saturated heterocycles. The molecule has 2 rings (SSSR count). The molecule has 6 N–H and O–H groups in total. The molecule has 0 bridgehead atoms. The van der Waals surface area contributed by atoms with Gasteiger partial charge in [-0.05, 0) is 77.0 Å². The maximum absolute atomic E-state index is 12.8. The average Bonchev–Trinajstić information content (AvgIpc) is 3.76. The first kappa shape index (κ1) is 56.1. The Bertz CT molecular complexity index is 1250. The number of hydrogen-bond donors (Lipinski definition) is 4. The molecule has 356 valence electrons. The predicted molar refractivity (Wildman–Crippen MR) is 246 cm³/mol. The minimum absolute atomic E-state index is 0.0155. The number of nitrogens with two attached hydrogens (primary N) is 2. The summed E-state index contributed by atoms with van der Waals surface area (Å²) in [5, 5.41) is 0. The van der Waals surface area contributed by atoms with E-state index in [4.69, 9.17) is 43.8 Å². The van der Waals surface area contributed by atoms with Crippen LogP contribution >= 0.6 is 15.6 Å². The minimum Gasteiger partial charge on any atom is -0.341 e. The summed E-state index contributed by atoms with van der Waals surface area (Å²) >= 11 is 0. The number of phosphoric acid groups is 2. The van der Waals surface area contributed by atoms with Gasteiger partial charge in [0.05, 0.1) is 19.8 Å². The summed E-state index contributed by atoms with van der Waals surface area (Å²) in [4.78, 5) is 20.6. The van der Waals surface area contributed by atoms with Gasteiger partial charge in [-0.3, -0.25) is 18.1 Å². The van der Waals surface area contributed by atoms with Crippen molar-refractivity contribution >= 4 is 15.6 Å². The Morgan fingerprint density at radius 3 is 1.41 bits per heavy atom. The Balaban J connectivity index is 1.94. The Kier molecular flexibility index (Phi) is 32.4. The molecule has 0 aromatic heterocycles. The second-order valence-electron chi connectivity index (χ2n) is 16.4. The van der Waals surface area contributed by atoms with E-state index < -0.39 is 52.6 Å². The topological polar surface area (TPSA) is 191 Å². The molecule has 0 radical (unpaired) electrons. The molecule has 13 nitrogen and oxygen atoms in total. The van der Waals surface area contributed by atoms with E-state index in [1.54, 1.807) is 0 Å². The summed E-state index contributed by atoms with van der Waals surface area (Å²) in [5.41, 5.74) is 10.9. The first-order valence-corrected chi connectivity index (χ1v) is 26.9. The van der Waals surface area contributed by atoms with Crippen LogP contribution in [0.1, 0.15) is 181 Å². The third-order valence-corrected chi connectivity index (χ3v) is 12.8. The fourth-order valence-electron chi connectivity index (χ4n) is 7.53. The molecule has 0 amide bonds. The molecule has 6 atom stereocenters. The molecule has 2 unspecified atom stereocenters. The Hall–Kier alpha value is -1.02. The highest BCUT2D eigenvalue weighted by molar-refractivity contribution is 7.47. The zero-order chi connectivity index (χ0) is 44.3. The number of rotatable bonds is 41. The van der Waals surface area contributed by atoms with Crippen molar-refractivity contribution in [3.8, 4) is 0 Å². The molecule has 0 spiro atoms. The number of allylic oxidation sites excluding steroid dienone is 8. The SMILES string of the molecule is CCCCC/C=C\C/C=C\CCCCCCCCC1(CCCCCCCC/C=C\C/C=C\CCCCC)O[C@@H]2[C@@H](OP(=O)(O)OCCN)O[C@@H](COP(=O)(O)OCCN)[C@H]2O1. The van der Waals surface area contributed by atoms with Crippen molar-refractivity contribution in [1.82, 2.24) is 0 Å². The lowest BCUT2D eigenvalue weighted by Crippen LogP contribution is -2.36. The second-order valence-corrected chi connectivity index (χ2v) is 19.2. The van der Waals surface area contributed by atoms with Gasteiger partial charge in [-0.25, -0.2) is 9.13 Å². The van der Waals surface area contributed by atoms with Gasteiger partial charge in [-0.1, -0.05) is 140 Å². The largest absolute Gasteiger partial charge is 0.474 e. The zero-order valence-corrected chi connectivity index (χ0v) is 39.8. The molecule has 15 heteroatoms. The van der Waals surface area contributed by atoms with E-state index in [0.29, 0.717) is 12.8 Å². The van der Waals surface area contributed by atoms with Crippen molar-refractivity contribution in [3.05, 3.63) is 48.6 Å². The molecular formula is C46H86N2O11P2. The number of unbranched alkanes of at least 4 members (excludes halogenated alkanes) is 18. The predicted octanol–water partition coefficient (Wildman–Crippen LogP) is 11.8. The van der Waals surface area contributed by atoms with E-state index in [2.05, 4.69) is 62.5 Å². The molecule has 0 saturated carbocycles. The van der Waals surface area contributed by atoms with Crippen LogP contribution in [0.15, 0.2) is 48.6 Å². The average molecular weight is 905 g/mol. The number of ether oxygens (including phenoxy) is 3. The van der Waals surface area contributed by atoms with Crippen molar-refractivity contribution in [2.24, 2.45) is 11.5 Å². The summed E-state index contributed by atoms with van der Waals surface area (Å²) in [6, 6.07) is 0. The lowest BCUT2D eigenvalue weighted by molar-refractivity contribution is -0.241. The molecule has 0 aromatic carbocycles. The van der Waals surface area contributed by atoms with Gasteiger partial charge in [0.2, 0.25) is 0 Å². The van der Waals surface area contributed by atoms with E-state index in [9.17, 15) is 18.9 Å². The van der Waals surface area contributed by atoms with Crippen LogP contribution in [-0.4, -0.2) is 73.1 Å². The zero-order valence-electron chi connectivity index (χ0n) is 38.0. The van der Waals surface area contributed by atoms with Gasteiger partial charge >= 0.3 is 15.6 Å². The van der Waals surface area contributed by atoms with Gasteiger partial charge in [0.1, 0.15) is 18.3 Å². The van der Waals surface area contributed by atoms with E-state index in [0.717, 1.165) is 77.0 Å². The van der Waals surface area contributed by atoms with E-state index in [-0.39, 0.29) is 26.3 Å². The molecule has 0 aromatic rings. The fraction of sp³-hybridized carbons (Fsp3) is 0.826. The van der Waals surface area contributed by atoms with Gasteiger partial charge in [0, 0.05) is 25.9 Å². The highest BCUT2D eigenvalue weighted by atomic mass is 31.2. The maximum Gasteiger partial charge on any atom is 0.474 e. The van der Waals surface area contributed by atoms with Crippen molar-refractivity contribution in [2.45, 2.75) is 211 Å². The molecule has 2 heterocycles. The van der Waals surface area contributed by atoms with E-state index in [1.165, 1.54) is 77.0 Å². The van der Waals surface area contributed by atoms with Crippen molar-refractivity contribution < 1.29 is 51.2 Å². The minimum atomic E-state index is -4.59. The number of hydrogen-bond acceptors (Lipinski definition) is 11. The summed E-state index contributed by atoms with van der Waals surface area (Å²) in [7, 11) is -9.04. The molecule has 0 aliphatic carbocycles. The fourth-order valence-corrected chi connectivity index (χ4v) is 9.11. The quantitative estimate of drug-likeness (QED) is 0.0258. The van der Waals surface area contributed by atoms with Crippen molar-refractivity contribution in [2.75, 3.05) is 32.9 Å². The molecule has 61 heavy (non-hydrogen) atoms. The van der Waals surface area contributed by atoms with Crippen LogP contribution < -0.4 is 11.5 Å². The third kappa shape index (κ3) is 27.2. The highest BCUT2D eigenvalue weighted by Gasteiger charge is 2.60. The number of phosphoric ester groups is 2. The van der Waals surface area contributed by atoms with Crippen LogP contribution in [0.3, 0.4) is 0 Å². The molecule has 2 fully saturated rings. The third-order valence-electron chi connectivity index (χ3n) is 10.9. The molecule has 2 aliphatic heterocycles. The maximum atomic E-state index is 12.8. The summed E-state index contributed by atoms with van der Waals surface area (Å²) in [6.07, 6.45) is 42.7. The first-order chi connectivity index (χ1) is 29.6. The Morgan fingerprint density at radius 1 is 0.541 bits per heavy atom. The molecule has 2 aliphatic rings. The second kappa shape index (κ2) is 35.3. The smallest absolute Gasteiger partial charge is 0.341 e. The van der Waals surface area contributed by atoms with Crippen LogP contribution in [0.2, 0.25) is 0 Å². The summed E-state index contributed by atoms with van der Waals surface area (Å²) in [6.45, 7) is 3.73. The Labute approximate surface area is 370 Å². The van der Waals surface area contributed by atoms with Gasteiger partial charge < -0.3 is 35.5 Å². The van der Waals surface area contributed by atoms with E-state index in [1.807, 2.05) is 0 Å². The van der Waals surface area contributed by atoms with E-state index >= 15 is 0 Å². The van der Waals surface area contributed by atoms with Crippen LogP contribution in [0.4, 0.5) is 0 Å². The monoisotopic (exact) mass is 905 g/mol. The van der Waals surface area contributed by atoms with Gasteiger partial charge in [-0.2, -0.15) is 0 Å². The van der Waals surface area contributed by atoms with Crippen LogP contribution in [0.5, 0.6) is 0 Å². The normalized spacial score (nSPS) is 22.3. The van der Waals surface area contributed by atoms with Crippen molar-refractivity contribution in [3.63, 3.8) is 0 Å². The van der Waals surface area contributed by atoms with Crippen LogP contribution in [0.25, 0.3) is 0 Å². The Morgan fingerprint density at radius 2 is 0.951 bits per heavy atom. The lowest BCUT2D eigenvalue weighted by Gasteiger charge is -2.31. The van der Waals surface area contributed by atoms with Crippen molar-refractivity contribution in [1.29, 1.82) is 0 Å². The molecular weight excluding hydrogens is 818 g/mol. The summed E-state index contributed by atoms with van der Waals surface area (Å²) < 4.78 is 65.2. The first-order valence-electron chi connectivity index (χ1n) is 23.9. The van der Waals surface area contributed by atoms with Crippen LogP contribution in [0, 0.1) is 0 Å². The van der Waals surface area contributed by atoms with Gasteiger partial charge in [-0.15, -0.1) is 0 Å². The highest BCUT2D eigenvalue weighted by Crippen LogP contribution is 2.52. The van der Waals surface area contributed by atoms with Gasteiger partial charge in [0.15, 0.2) is 12.1 Å². The van der Waals surface area contributed by atoms with Gasteiger partial charge in [0.25, 0.3) is 0 Å². The van der Waals surface area contributed by atoms with Crippen LogP contribution in [-0.2, 0) is 41.4 Å². The standard InChI is InChI=1S/C46H86N2O11P2/c1-3-5-7-9-11-13-15-17-19-21-23-25-27-29-31-33-35-46(36-34-32-30-28-26-24-22-20-18-16-14-12-10-8-6-4-2)57-43-42(41-55-60(49,50)53-39-37-47)56-45(44(43)58-46)59-61(51,52)54-40-38-48/h11-14,17-20,42-45H,3-10,15-16,21-41,47-48H2,1-2H3,(H,49,50)(H,51,52)/b13-11-,14-12-,19-17-,20-18-/t42-,43+,44-,45+/m0/s1. The number of fused-ring (bicyclic) bond motifs is 1. The lowest BCUT2D eigenvalue weighted by atomic mass is 9.98.